The van der Waals surface area contributed by atoms with Crippen molar-refractivity contribution in [2.45, 2.75) is 30.2 Å². The van der Waals surface area contributed by atoms with Gasteiger partial charge < -0.3 is 4.90 Å². The number of amides is 1. The molecule has 0 saturated carbocycles. The second-order valence-electron chi connectivity index (χ2n) is 8.48. The van der Waals surface area contributed by atoms with Gasteiger partial charge in [0.2, 0.25) is 0 Å². The number of carbonyl (C=O) groups excluding carboxylic acids is 1. The van der Waals surface area contributed by atoms with Crippen LogP contribution in [0, 0.1) is 6.92 Å². The second kappa shape index (κ2) is 9.14. The molecule has 0 bridgehead atoms. The quantitative estimate of drug-likeness (QED) is 0.390. The van der Waals surface area contributed by atoms with Crippen molar-refractivity contribution < 1.29 is 17.8 Å². The number of anilines is 2. The summed E-state index contributed by atoms with van der Waals surface area (Å²) in [6, 6.07) is 11.8. The highest BCUT2D eigenvalue weighted by Gasteiger charge is 2.33. The zero-order valence-electron chi connectivity index (χ0n) is 20.1. The van der Waals surface area contributed by atoms with E-state index in [-0.39, 0.29) is 22.6 Å². The van der Waals surface area contributed by atoms with Crippen LogP contribution in [0.2, 0.25) is 0 Å². The average Bonchev–Trinajstić information content (AvgIpc) is 3.45. The molecule has 0 saturated heterocycles. The Morgan fingerprint density at radius 3 is 2.49 bits per heavy atom. The fourth-order valence-corrected chi connectivity index (χ4v) is 7.38. The lowest BCUT2D eigenvalue weighted by molar-refractivity contribution is -0.112. The van der Waals surface area contributed by atoms with Crippen molar-refractivity contribution in [1.29, 1.82) is 0 Å². The first kappa shape index (κ1) is 25.2. The highest BCUT2D eigenvalue weighted by atomic mass is 32.2. The standard InChI is InChI=1S/C25H22N4O5S3/c1-5-12-28-23(31)21(25-27(4)18-8-6-7-9-19(18)35-25)36-24(28)20-15(3)26-29(22(20)30)17-11-10-16(13-14(17)2)37(32,33)34/h5-11,13H,1,12H2,2-4H3,(H,32,33,34)/b24-20-,25-21-. The molecule has 3 heterocycles. The van der Waals surface area contributed by atoms with Crippen LogP contribution in [0.15, 0.2) is 74.8 Å². The predicted molar refractivity (Wildman–Crippen MR) is 147 cm³/mol. The molecule has 1 N–H and O–H groups in total. The van der Waals surface area contributed by atoms with Crippen molar-refractivity contribution in [3.63, 3.8) is 0 Å². The highest BCUT2D eigenvalue weighted by Crippen LogP contribution is 2.45. The molecule has 190 valence electrons. The molecule has 2 aromatic carbocycles. The summed E-state index contributed by atoms with van der Waals surface area (Å²) < 4.78 is 34.9. The van der Waals surface area contributed by atoms with Crippen molar-refractivity contribution in [1.82, 2.24) is 4.57 Å². The first-order valence-electron chi connectivity index (χ1n) is 11.1. The van der Waals surface area contributed by atoms with E-state index in [1.165, 1.54) is 50.9 Å². The zero-order chi connectivity index (χ0) is 26.6. The van der Waals surface area contributed by atoms with Crippen LogP contribution < -0.4 is 24.7 Å². The third kappa shape index (κ3) is 4.15. The second-order valence-corrected chi connectivity index (χ2v) is 11.9. The number of rotatable bonds is 4. The maximum Gasteiger partial charge on any atom is 0.294 e. The van der Waals surface area contributed by atoms with Gasteiger partial charge in [-0.25, -0.2) is 0 Å². The monoisotopic (exact) mass is 554 g/mol. The van der Waals surface area contributed by atoms with Gasteiger partial charge in [0.1, 0.15) is 14.2 Å². The summed E-state index contributed by atoms with van der Waals surface area (Å²) in [5.41, 5.74) is 2.31. The van der Waals surface area contributed by atoms with E-state index in [9.17, 15) is 22.6 Å². The fourth-order valence-electron chi connectivity index (χ4n) is 4.27. The molecule has 1 aromatic heterocycles. The minimum atomic E-state index is -4.39. The third-order valence-corrected chi connectivity index (χ3v) is 9.46. The zero-order valence-corrected chi connectivity index (χ0v) is 22.6. The lowest BCUT2D eigenvalue weighted by Crippen LogP contribution is -2.35. The third-order valence-electron chi connectivity index (χ3n) is 6.05. The van der Waals surface area contributed by atoms with E-state index in [1.54, 1.807) is 19.9 Å². The van der Waals surface area contributed by atoms with Gasteiger partial charge in [0.25, 0.3) is 21.6 Å². The number of allylic oxidation sites excluding steroid dienone is 1. The Bertz CT molecular complexity index is 1820. The summed E-state index contributed by atoms with van der Waals surface area (Å²) in [6.45, 7) is 7.31. The van der Waals surface area contributed by atoms with Gasteiger partial charge in [-0.1, -0.05) is 30.0 Å². The lowest BCUT2D eigenvalue weighted by atomic mass is 10.1. The first-order chi connectivity index (χ1) is 17.5. The number of benzene rings is 2. The Morgan fingerprint density at radius 2 is 1.84 bits per heavy atom. The van der Waals surface area contributed by atoms with Crippen LogP contribution >= 0.6 is 23.1 Å². The maximum absolute atomic E-state index is 13.6. The number of thioether (sulfide) groups is 1. The van der Waals surface area contributed by atoms with Crippen molar-refractivity contribution in [3.05, 3.63) is 80.2 Å². The molecule has 1 amide bonds. The van der Waals surface area contributed by atoms with Crippen LogP contribution in [0.1, 0.15) is 12.5 Å². The summed E-state index contributed by atoms with van der Waals surface area (Å²) in [5, 5.41) is 6.41. The molecule has 3 aromatic rings. The summed E-state index contributed by atoms with van der Waals surface area (Å²) in [7, 11) is -2.48. The van der Waals surface area contributed by atoms with Gasteiger partial charge in [0.15, 0.2) is 0 Å². The number of aryl methyl sites for hydroxylation is 1. The van der Waals surface area contributed by atoms with Crippen molar-refractivity contribution in [2.75, 3.05) is 17.0 Å². The fraction of sp³-hybridized carbons (Fsp3) is 0.160. The van der Waals surface area contributed by atoms with Crippen LogP contribution in [0.4, 0.5) is 11.4 Å². The molecule has 2 aliphatic heterocycles. The molecule has 2 aliphatic rings. The van der Waals surface area contributed by atoms with Crippen molar-refractivity contribution >= 4 is 66.8 Å². The molecule has 9 nitrogen and oxygen atoms in total. The van der Waals surface area contributed by atoms with Crippen LogP contribution in [-0.4, -0.2) is 36.2 Å². The average molecular weight is 555 g/mol. The molecule has 0 aliphatic carbocycles. The molecule has 0 unspecified atom stereocenters. The number of para-hydroxylation sites is 1. The maximum atomic E-state index is 13.6. The normalized spacial score (nSPS) is 18.4. The number of aromatic nitrogens is 1. The summed E-state index contributed by atoms with van der Waals surface area (Å²) in [5.74, 6) is -0.438. The van der Waals surface area contributed by atoms with Crippen molar-refractivity contribution in [3.8, 4) is 0 Å². The molecule has 12 heteroatoms. The number of fused-ring (bicyclic) bond motifs is 1. The topological polar surface area (TPSA) is 112 Å². The molecule has 0 radical (unpaired) electrons. The van der Waals surface area contributed by atoms with Crippen LogP contribution in [0.25, 0.3) is 10.6 Å². The van der Waals surface area contributed by atoms with Crippen LogP contribution in [-0.2, 0) is 21.5 Å². The number of hydrazone groups is 1. The molecular weight excluding hydrogens is 532 g/mol. The van der Waals surface area contributed by atoms with Gasteiger partial charge in [-0.3, -0.25) is 18.7 Å². The SMILES string of the molecule is C=CCn1c(=O)/c(=C2/Sc3ccccc3N2C)s/c1=C1\C(=O)N(c2ccc(S(=O)(=O)O)cc2C)N=C1C. The molecule has 37 heavy (non-hydrogen) atoms. The van der Waals surface area contributed by atoms with Crippen LogP contribution in [0.5, 0.6) is 0 Å². The molecule has 0 spiro atoms. The van der Waals surface area contributed by atoms with Gasteiger partial charge >= 0.3 is 0 Å². The molecule has 0 fully saturated rings. The van der Waals surface area contributed by atoms with Crippen LogP contribution in [0.3, 0.4) is 0 Å². The van der Waals surface area contributed by atoms with Gasteiger partial charge in [-0.05, 0) is 49.7 Å². The van der Waals surface area contributed by atoms with Gasteiger partial charge in [-0.15, -0.1) is 17.9 Å². The first-order valence-corrected chi connectivity index (χ1v) is 14.2. The Labute approximate surface area is 221 Å². The minimum Gasteiger partial charge on any atom is -0.337 e. The van der Waals surface area contributed by atoms with Gasteiger partial charge in [-0.2, -0.15) is 18.5 Å². The number of carbonyl (C=O) groups is 1. The van der Waals surface area contributed by atoms with E-state index >= 15 is 0 Å². The number of hydrogen-bond donors (Lipinski definition) is 1. The number of hydrogen-bond acceptors (Lipinski definition) is 8. The number of nitrogens with zero attached hydrogens (tertiary/aromatic N) is 4. The summed E-state index contributed by atoms with van der Waals surface area (Å²) in [4.78, 5) is 30.0. The Balaban J connectivity index is 1.69. The van der Waals surface area contributed by atoms with E-state index in [0.717, 1.165) is 15.6 Å². The molecule has 0 atom stereocenters. The largest absolute Gasteiger partial charge is 0.337 e. The van der Waals surface area contributed by atoms with E-state index in [1.807, 2.05) is 36.2 Å². The minimum absolute atomic E-state index is 0.214. The Kier molecular flexibility index (Phi) is 6.23. The summed E-state index contributed by atoms with van der Waals surface area (Å²) in [6.07, 6.45) is 1.61. The lowest BCUT2D eigenvalue weighted by Gasteiger charge is -2.15. The van der Waals surface area contributed by atoms with E-state index in [0.29, 0.717) is 26.2 Å². The predicted octanol–water partition coefficient (Wildman–Crippen LogP) is 2.53. The van der Waals surface area contributed by atoms with Crippen molar-refractivity contribution in [2.24, 2.45) is 5.10 Å². The summed E-state index contributed by atoms with van der Waals surface area (Å²) >= 11 is 2.74. The molecular formula is C25H22N4O5S3. The highest BCUT2D eigenvalue weighted by molar-refractivity contribution is 8.08. The molecule has 5 rings (SSSR count). The Morgan fingerprint density at radius 1 is 1.11 bits per heavy atom. The van der Waals surface area contributed by atoms with Gasteiger partial charge in [0, 0.05) is 18.5 Å². The van der Waals surface area contributed by atoms with E-state index < -0.39 is 16.0 Å². The van der Waals surface area contributed by atoms with E-state index in [4.69, 9.17) is 0 Å². The van der Waals surface area contributed by atoms with E-state index in [2.05, 4.69) is 11.7 Å². The Hall–Kier alpha value is -3.45. The van der Waals surface area contributed by atoms with Gasteiger partial charge in [0.05, 0.1) is 27.6 Å². The number of thiazole rings is 1. The smallest absolute Gasteiger partial charge is 0.294 e.